The largest absolute Gasteiger partial charge is 0.326 e. The Bertz CT molecular complexity index is 852. The van der Waals surface area contributed by atoms with Gasteiger partial charge in [-0.25, -0.2) is 0 Å². The second-order valence-corrected chi connectivity index (χ2v) is 7.57. The topological polar surface area (TPSA) is 66.5 Å². The van der Waals surface area contributed by atoms with Crippen molar-refractivity contribution >= 4 is 23.4 Å². The first-order valence-electron chi connectivity index (χ1n) is 9.94. The van der Waals surface area contributed by atoms with Gasteiger partial charge in [-0.2, -0.15) is 0 Å². The number of fused-ring (bicyclic) bond motifs is 1. The van der Waals surface area contributed by atoms with Crippen molar-refractivity contribution in [2.75, 3.05) is 11.9 Å². The van der Waals surface area contributed by atoms with Gasteiger partial charge in [-0.3, -0.25) is 19.3 Å². The number of imide groups is 1. The number of likely N-dealkylation sites (tertiary alicyclic amines) is 1. The van der Waals surface area contributed by atoms with Crippen LogP contribution in [0.3, 0.4) is 0 Å². The van der Waals surface area contributed by atoms with Crippen LogP contribution in [0.5, 0.6) is 0 Å². The molecule has 2 atom stereocenters. The van der Waals surface area contributed by atoms with E-state index >= 15 is 0 Å². The van der Waals surface area contributed by atoms with E-state index in [2.05, 4.69) is 5.32 Å². The number of benzene rings is 2. The Morgan fingerprint density at radius 2 is 1.43 bits per heavy atom. The molecule has 2 aromatic rings. The molecule has 2 fully saturated rings. The zero-order valence-electron chi connectivity index (χ0n) is 15.8. The van der Waals surface area contributed by atoms with Crippen LogP contribution in [0.25, 0.3) is 11.1 Å². The van der Waals surface area contributed by atoms with Crippen LogP contribution in [0.2, 0.25) is 0 Å². The zero-order valence-corrected chi connectivity index (χ0v) is 15.8. The Kier molecular flexibility index (Phi) is 5.24. The first kappa shape index (κ1) is 18.4. The van der Waals surface area contributed by atoms with E-state index in [1.807, 2.05) is 54.6 Å². The molecule has 1 aliphatic heterocycles. The lowest BCUT2D eigenvalue weighted by molar-refractivity contribution is -0.140. The van der Waals surface area contributed by atoms with E-state index in [1.54, 1.807) is 0 Å². The molecular weight excluding hydrogens is 352 g/mol. The number of carbonyl (C=O) groups excluding carboxylic acids is 3. The molecule has 2 aromatic carbocycles. The smallest absolute Gasteiger partial charge is 0.233 e. The molecule has 2 unspecified atom stereocenters. The number of hydrogen-bond donors (Lipinski definition) is 1. The van der Waals surface area contributed by atoms with Crippen LogP contribution in [-0.4, -0.2) is 29.2 Å². The SMILES string of the molecule is O=C(CCN1C(=O)C2CCCCC2C1=O)Nc1ccc(-c2ccccc2)cc1. The molecule has 5 nitrogen and oxygen atoms in total. The fraction of sp³-hybridized carbons (Fsp3) is 0.348. The van der Waals surface area contributed by atoms with Gasteiger partial charge in [0.2, 0.25) is 17.7 Å². The maximum Gasteiger partial charge on any atom is 0.233 e. The van der Waals surface area contributed by atoms with Gasteiger partial charge >= 0.3 is 0 Å². The summed E-state index contributed by atoms with van der Waals surface area (Å²) >= 11 is 0. The molecule has 1 aliphatic carbocycles. The Hall–Kier alpha value is -2.95. The molecule has 3 amide bonds. The van der Waals surface area contributed by atoms with Gasteiger partial charge in [0, 0.05) is 18.7 Å². The van der Waals surface area contributed by atoms with Crippen molar-refractivity contribution in [1.82, 2.24) is 4.90 Å². The van der Waals surface area contributed by atoms with Gasteiger partial charge in [0.15, 0.2) is 0 Å². The third-order valence-corrected chi connectivity index (χ3v) is 5.77. The van der Waals surface area contributed by atoms with E-state index in [0.29, 0.717) is 5.69 Å². The van der Waals surface area contributed by atoms with E-state index in [9.17, 15) is 14.4 Å². The predicted octanol–water partition coefficient (Wildman–Crippen LogP) is 3.86. The molecule has 0 radical (unpaired) electrons. The number of nitrogens with zero attached hydrogens (tertiary/aromatic N) is 1. The minimum absolute atomic E-state index is 0.0882. The first-order valence-corrected chi connectivity index (χ1v) is 9.94. The molecule has 5 heteroatoms. The highest BCUT2D eigenvalue weighted by Crippen LogP contribution is 2.38. The molecule has 0 aromatic heterocycles. The Balaban J connectivity index is 1.32. The molecule has 28 heavy (non-hydrogen) atoms. The van der Waals surface area contributed by atoms with Crippen molar-refractivity contribution < 1.29 is 14.4 Å². The maximum absolute atomic E-state index is 12.5. The molecule has 1 N–H and O–H groups in total. The number of hydrogen-bond acceptors (Lipinski definition) is 3. The summed E-state index contributed by atoms with van der Waals surface area (Å²) in [6, 6.07) is 17.7. The van der Waals surface area contributed by atoms with Gasteiger partial charge in [-0.15, -0.1) is 0 Å². The molecule has 1 saturated carbocycles. The molecule has 0 bridgehead atoms. The molecule has 144 valence electrons. The Morgan fingerprint density at radius 1 is 0.857 bits per heavy atom. The fourth-order valence-corrected chi connectivity index (χ4v) is 4.26. The summed E-state index contributed by atoms with van der Waals surface area (Å²) in [5.41, 5.74) is 2.90. The lowest BCUT2D eigenvalue weighted by atomic mass is 9.81. The quantitative estimate of drug-likeness (QED) is 0.806. The monoisotopic (exact) mass is 376 g/mol. The Labute approximate surface area is 164 Å². The van der Waals surface area contributed by atoms with Crippen LogP contribution < -0.4 is 5.32 Å². The van der Waals surface area contributed by atoms with Crippen molar-refractivity contribution in [3.63, 3.8) is 0 Å². The summed E-state index contributed by atoms with van der Waals surface area (Å²) in [6.07, 6.45) is 3.73. The van der Waals surface area contributed by atoms with E-state index in [-0.39, 0.29) is 42.5 Å². The average Bonchev–Trinajstić information content (AvgIpc) is 2.98. The summed E-state index contributed by atoms with van der Waals surface area (Å²) < 4.78 is 0. The highest BCUT2D eigenvalue weighted by molar-refractivity contribution is 6.05. The summed E-state index contributed by atoms with van der Waals surface area (Å²) in [4.78, 5) is 38.5. The summed E-state index contributed by atoms with van der Waals surface area (Å²) in [7, 11) is 0. The lowest BCUT2D eigenvalue weighted by Crippen LogP contribution is -2.34. The van der Waals surface area contributed by atoms with Crippen LogP contribution in [0, 0.1) is 11.8 Å². The summed E-state index contributed by atoms with van der Waals surface area (Å²) in [6.45, 7) is 0.165. The van der Waals surface area contributed by atoms with Crippen molar-refractivity contribution in [1.29, 1.82) is 0 Å². The number of amides is 3. The minimum Gasteiger partial charge on any atom is -0.326 e. The number of nitrogens with one attached hydrogen (secondary N) is 1. The van der Waals surface area contributed by atoms with Gasteiger partial charge in [0.05, 0.1) is 11.8 Å². The van der Waals surface area contributed by atoms with Crippen LogP contribution in [0.15, 0.2) is 54.6 Å². The molecule has 2 aliphatic rings. The third-order valence-electron chi connectivity index (χ3n) is 5.77. The number of carbonyl (C=O) groups is 3. The third kappa shape index (κ3) is 3.70. The molecule has 1 saturated heterocycles. The zero-order chi connectivity index (χ0) is 19.5. The van der Waals surface area contributed by atoms with E-state index in [0.717, 1.165) is 36.8 Å². The van der Waals surface area contributed by atoms with E-state index < -0.39 is 0 Å². The van der Waals surface area contributed by atoms with Crippen LogP contribution in [0.4, 0.5) is 5.69 Å². The maximum atomic E-state index is 12.5. The molecular formula is C23H24N2O3. The first-order chi connectivity index (χ1) is 13.6. The van der Waals surface area contributed by atoms with Crippen molar-refractivity contribution in [2.45, 2.75) is 32.1 Å². The highest BCUT2D eigenvalue weighted by Gasteiger charge is 2.47. The number of anilines is 1. The fourth-order valence-electron chi connectivity index (χ4n) is 4.26. The van der Waals surface area contributed by atoms with Crippen LogP contribution in [0.1, 0.15) is 32.1 Å². The van der Waals surface area contributed by atoms with Crippen LogP contribution in [-0.2, 0) is 14.4 Å². The van der Waals surface area contributed by atoms with E-state index in [1.165, 1.54) is 4.90 Å². The molecule has 0 spiro atoms. The Morgan fingerprint density at radius 3 is 2.04 bits per heavy atom. The minimum atomic E-state index is -0.192. The highest BCUT2D eigenvalue weighted by atomic mass is 16.2. The second kappa shape index (κ2) is 7.97. The van der Waals surface area contributed by atoms with Gasteiger partial charge < -0.3 is 5.32 Å². The normalized spacial score (nSPS) is 21.5. The van der Waals surface area contributed by atoms with Crippen molar-refractivity contribution in [2.24, 2.45) is 11.8 Å². The van der Waals surface area contributed by atoms with Gasteiger partial charge in [-0.1, -0.05) is 55.3 Å². The van der Waals surface area contributed by atoms with Gasteiger partial charge in [0.25, 0.3) is 0 Å². The standard InChI is InChI=1S/C23H24N2O3/c26-21(14-15-25-22(27)19-8-4-5-9-20(19)23(25)28)24-18-12-10-17(11-13-18)16-6-2-1-3-7-16/h1-3,6-7,10-13,19-20H,4-5,8-9,14-15H2,(H,24,26). The predicted molar refractivity (Wildman–Crippen MR) is 107 cm³/mol. The summed E-state index contributed by atoms with van der Waals surface area (Å²) in [5, 5.41) is 2.85. The summed E-state index contributed by atoms with van der Waals surface area (Å²) in [5.74, 6) is -0.683. The second-order valence-electron chi connectivity index (χ2n) is 7.57. The van der Waals surface area contributed by atoms with Gasteiger partial charge in [0.1, 0.15) is 0 Å². The van der Waals surface area contributed by atoms with Crippen molar-refractivity contribution in [3.8, 4) is 11.1 Å². The molecule has 4 rings (SSSR count). The van der Waals surface area contributed by atoms with Crippen LogP contribution >= 0.6 is 0 Å². The number of rotatable bonds is 5. The van der Waals surface area contributed by atoms with E-state index in [4.69, 9.17) is 0 Å². The lowest BCUT2D eigenvalue weighted by Gasteiger charge is -2.19. The van der Waals surface area contributed by atoms with Crippen molar-refractivity contribution in [3.05, 3.63) is 54.6 Å². The average molecular weight is 376 g/mol. The molecule has 1 heterocycles. The van der Waals surface area contributed by atoms with Gasteiger partial charge in [-0.05, 0) is 36.1 Å².